The molecule has 0 radical (unpaired) electrons. The van der Waals surface area contributed by atoms with Crippen molar-refractivity contribution in [2.75, 3.05) is 11.4 Å². The maximum absolute atomic E-state index is 6.07. The van der Waals surface area contributed by atoms with Crippen LogP contribution in [0.25, 0.3) is 0 Å². The van der Waals surface area contributed by atoms with Gasteiger partial charge in [-0.15, -0.1) is 11.3 Å². The van der Waals surface area contributed by atoms with Crippen LogP contribution in [-0.2, 0) is 5.41 Å². The molecule has 2 aliphatic rings. The van der Waals surface area contributed by atoms with Gasteiger partial charge < -0.3 is 4.90 Å². The third-order valence-electron chi connectivity index (χ3n) is 4.27. The Kier molecular flexibility index (Phi) is 2.28. The number of aromatic nitrogens is 2. The van der Waals surface area contributed by atoms with Gasteiger partial charge in [0, 0.05) is 28.6 Å². The monoisotopic (exact) mass is 291 g/mol. The molecule has 0 N–H and O–H groups in total. The van der Waals surface area contributed by atoms with Gasteiger partial charge in [-0.25, -0.2) is 9.97 Å². The van der Waals surface area contributed by atoms with Crippen molar-refractivity contribution in [3.8, 4) is 0 Å². The standard InChI is InChI=1S/C14H14ClN3S/c1-8-9(2)19-13(17-8)18-7-14(3-4-14)10-6-16-12(15)5-11(10)18/h5-6H,3-4,7H2,1-2H3. The van der Waals surface area contributed by atoms with E-state index in [-0.39, 0.29) is 0 Å². The first-order chi connectivity index (χ1) is 9.09. The van der Waals surface area contributed by atoms with Crippen LogP contribution in [0, 0.1) is 13.8 Å². The summed E-state index contributed by atoms with van der Waals surface area (Å²) in [5.74, 6) is 0. The normalized spacial score (nSPS) is 19.0. The third kappa shape index (κ3) is 1.63. The van der Waals surface area contributed by atoms with Crippen molar-refractivity contribution < 1.29 is 0 Å². The minimum absolute atomic E-state index is 0.320. The van der Waals surface area contributed by atoms with Gasteiger partial charge in [0.15, 0.2) is 5.13 Å². The highest BCUT2D eigenvalue weighted by Crippen LogP contribution is 2.58. The molecule has 2 aromatic heterocycles. The van der Waals surface area contributed by atoms with E-state index < -0.39 is 0 Å². The van der Waals surface area contributed by atoms with Gasteiger partial charge in [0.25, 0.3) is 0 Å². The number of nitrogens with zero attached hydrogens (tertiary/aromatic N) is 3. The summed E-state index contributed by atoms with van der Waals surface area (Å²) in [5, 5.41) is 1.65. The quantitative estimate of drug-likeness (QED) is 0.744. The Bertz CT molecular complexity index is 656. The lowest BCUT2D eigenvalue weighted by Gasteiger charge is -2.16. The molecule has 5 heteroatoms. The summed E-state index contributed by atoms with van der Waals surface area (Å²) in [6.07, 6.45) is 4.46. The fourth-order valence-corrected chi connectivity index (χ4v) is 3.92. The van der Waals surface area contributed by atoms with Crippen LogP contribution in [0.3, 0.4) is 0 Å². The lowest BCUT2D eigenvalue weighted by molar-refractivity contribution is 0.740. The number of thiazole rings is 1. The highest BCUT2D eigenvalue weighted by atomic mass is 35.5. The van der Waals surface area contributed by atoms with Crippen LogP contribution < -0.4 is 4.90 Å². The van der Waals surface area contributed by atoms with Gasteiger partial charge in [-0.2, -0.15) is 0 Å². The van der Waals surface area contributed by atoms with Gasteiger partial charge in [0.2, 0.25) is 0 Å². The topological polar surface area (TPSA) is 29.0 Å². The molecule has 0 bridgehead atoms. The van der Waals surface area contributed by atoms with Gasteiger partial charge in [0.05, 0.1) is 11.4 Å². The maximum atomic E-state index is 6.07. The van der Waals surface area contributed by atoms with E-state index in [1.807, 2.05) is 12.3 Å². The highest BCUT2D eigenvalue weighted by molar-refractivity contribution is 7.15. The van der Waals surface area contributed by atoms with Crippen LogP contribution in [0.1, 0.15) is 29.0 Å². The maximum Gasteiger partial charge on any atom is 0.190 e. The van der Waals surface area contributed by atoms with Gasteiger partial charge in [-0.1, -0.05) is 11.6 Å². The number of halogens is 1. The largest absolute Gasteiger partial charge is 0.316 e. The summed E-state index contributed by atoms with van der Waals surface area (Å²) >= 11 is 7.83. The predicted molar refractivity (Wildman–Crippen MR) is 78.8 cm³/mol. The predicted octanol–water partition coefficient (Wildman–Crippen LogP) is 3.99. The minimum atomic E-state index is 0.320. The number of fused-ring (bicyclic) bond motifs is 2. The zero-order valence-electron chi connectivity index (χ0n) is 10.9. The molecule has 98 valence electrons. The summed E-state index contributed by atoms with van der Waals surface area (Å²) < 4.78 is 0. The molecule has 0 amide bonds. The Morgan fingerprint density at radius 2 is 2.16 bits per heavy atom. The molecule has 1 spiro atoms. The molecule has 1 aliphatic carbocycles. The number of hydrogen-bond acceptors (Lipinski definition) is 4. The average molecular weight is 292 g/mol. The molecule has 0 unspecified atom stereocenters. The first-order valence-electron chi connectivity index (χ1n) is 6.47. The van der Waals surface area contributed by atoms with E-state index in [9.17, 15) is 0 Å². The SMILES string of the molecule is Cc1nc(N2CC3(CC3)c3cnc(Cl)cc32)sc1C. The molecule has 4 rings (SSSR count). The van der Waals surface area contributed by atoms with Crippen molar-refractivity contribution in [3.63, 3.8) is 0 Å². The average Bonchev–Trinajstić information content (AvgIpc) is 2.98. The molecule has 0 atom stereocenters. The van der Waals surface area contributed by atoms with Crippen molar-refractivity contribution in [2.45, 2.75) is 32.1 Å². The van der Waals surface area contributed by atoms with E-state index in [4.69, 9.17) is 16.6 Å². The van der Waals surface area contributed by atoms with Gasteiger partial charge in [-0.05, 0) is 32.8 Å². The Balaban J connectivity index is 1.86. The Labute approximate surface area is 121 Å². The van der Waals surface area contributed by atoms with Crippen LogP contribution in [0.4, 0.5) is 10.8 Å². The summed E-state index contributed by atoms with van der Waals surface area (Å²) in [5.41, 5.74) is 3.99. The van der Waals surface area contributed by atoms with Crippen LogP contribution >= 0.6 is 22.9 Å². The molecule has 19 heavy (non-hydrogen) atoms. The molecule has 1 aliphatic heterocycles. The zero-order valence-corrected chi connectivity index (χ0v) is 12.5. The summed E-state index contributed by atoms with van der Waals surface area (Å²) in [4.78, 5) is 12.6. The zero-order chi connectivity index (χ0) is 13.2. The summed E-state index contributed by atoms with van der Waals surface area (Å²) in [7, 11) is 0. The molecular weight excluding hydrogens is 278 g/mol. The minimum Gasteiger partial charge on any atom is -0.316 e. The second-order valence-electron chi connectivity index (χ2n) is 5.53. The molecule has 2 aromatic rings. The number of anilines is 2. The van der Waals surface area contributed by atoms with E-state index in [2.05, 4.69) is 23.7 Å². The van der Waals surface area contributed by atoms with E-state index in [0.717, 1.165) is 17.4 Å². The Morgan fingerprint density at radius 1 is 1.37 bits per heavy atom. The molecular formula is C14H14ClN3S. The Hall–Kier alpha value is -1.13. The van der Waals surface area contributed by atoms with Crippen molar-refractivity contribution in [1.82, 2.24) is 9.97 Å². The number of rotatable bonds is 1. The van der Waals surface area contributed by atoms with Crippen LogP contribution in [0.2, 0.25) is 5.15 Å². The first kappa shape index (κ1) is 11.7. The van der Waals surface area contributed by atoms with Crippen LogP contribution in [-0.4, -0.2) is 16.5 Å². The molecule has 3 nitrogen and oxygen atoms in total. The second-order valence-corrected chi connectivity index (χ2v) is 7.10. The van der Waals surface area contributed by atoms with Crippen molar-refractivity contribution in [1.29, 1.82) is 0 Å². The van der Waals surface area contributed by atoms with Crippen molar-refractivity contribution in [3.05, 3.63) is 33.6 Å². The van der Waals surface area contributed by atoms with E-state index in [1.54, 1.807) is 11.3 Å². The third-order valence-corrected chi connectivity index (χ3v) is 5.58. The number of hydrogen-bond donors (Lipinski definition) is 0. The van der Waals surface area contributed by atoms with E-state index >= 15 is 0 Å². The van der Waals surface area contributed by atoms with Crippen LogP contribution in [0.5, 0.6) is 0 Å². The lowest BCUT2D eigenvalue weighted by atomic mass is 10.0. The summed E-state index contributed by atoms with van der Waals surface area (Å²) in [6.45, 7) is 5.22. The molecule has 0 aromatic carbocycles. The molecule has 1 fully saturated rings. The molecule has 0 saturated heterocycles. The molecule has 3 heterocycles. The first-order valence-corrected chi connectivity index (χ1v) is 7.66. The fourth-order valence-electron chi connectivity index (χ4n) is 2.85. The van der Waals surface area contributed by atoms with Gasteiger partial charge in [0.1, 0.15) is 5.15 Å². The number of aryl methyl sites for hydroxylation is 2. The van der Waals surface area contributed by atoms with Crippen molar-refractivity contribution in [2.24, 2.45) is 0 Å². The molecule has 1 saturated carbocycles. The van der Waals surface area contributed by atoms with Gasteiger partial charge in [-0.3, -0.25) is 0 Å². The highest BCUT2D eigenvalue weighted by Gasteiger charge is 2.52. The van der Waals surface area contributed by atoms with Gasteiger partial charge >= 0.3 is 0 Å². The smallest absolute Gasteiger partial charge is 0.190 e. The van der Waals surface area contributed by atoms with Crippen LogP contribution in [0.15, 0.2) is 12.3 Å². The number of pyridine rings is 1. The second kappa shape index (κ2) is 3.70. The Morgan fingerprint density at radius 3 is 2.79 bits per heavy atom. The van der Waals surface area contributed by atoms with E-state index in [0.29, 0.717) is 10.6 Å². The van der Waals surface area contributed by atoms with Crippen molar-refractivity contribution >= 4 is 33.8 Å². The fraction of sp³-hybridized carbons (Fsp3) is 0.429. The lowest BCUT2D eigenvalue weighted by Crippen LogP contribution is -2.18. The summed E-state index contributed by atoms with van der Waals surface area (Å²) in [6, 6.07) is 1.98. The van der Waals surface area contributed by atoms with E-state index in [1.165, 1.54) is 29.0 Å².